The summed E-state index contributed by atoms with van der Waals surface area (Å²) < 4.78 is 0. The number of nitrogens with zero attached hydrogens (tertiary/aromatic N) is 1. The van der Waals surface area contributed by atoms with Gasteiger partial charge in [0.15, 0.2) is 0 Å². The standard InChI is InChI=1S/C16H30BN/c1-6-9-15(4)13-18(16(5)12-17)11-8-10-14(3)7-2/h6,9,14-15H,5,7-8,10-13H2,1-4H3. The van der Waals surface area contributed by atoms with Gasteiger partial charge in [-0.2, -0.15) is 0 Å². The van der Waals surface area contributed by atoms with E-state index in [-0.39, 0.29) is 0 Å². The van der Waals surface area contributed by atoms with Gasteiger partial charge in [-0.25, -0.2) is 0 Å². The van der Waals surface area contributed by atoms with Gasteiger partial charge in [0.2, 0.25) is 0 Å². The molecule has 0 aromatic rings. The predicted molar refractivity (Wildman–Crippen MR) is 83.9 cm³/mol. The monoisotopic (exact) mass is 247 g/mol. The molecule has 18 heavy (non-hydrogen) atoms. The first-order valence-electron chi connectivity index (χ1n) is 7.30. The molecule has 0 amide bonds. The summed E-state index contributed by atoms with van der Waals surface area (Å²) in [5.74, 6) is 1.38. The average molecular weight is 247 g/mol. The molecular weight excluding hydrogens is 217 g/mol. The lowest BCUT2D eigenvalue weighted by molar-refractivity contribution is 0.302. The maximum Gasteiger partial charge on any atom is 0.0736 e. The Balaban J connectivity index is 4.19. The van der Waals surface area contributed by atoms with E-state index in [4.69, 9.17) is 7.85 Å². The summed E-state index contributed by atoms with van der Waals surface area (Å²) in [7, 11) is 5.72. The molecule has 2 atom stereocenters. The van der Waals surface area contributed by atoms with Crippen LogP contribution in [0.3, 0.4) is 0 Å². The largest absolute Gasteiger partial charge is 0.375 e. The van der Waals surface area contributed by atoms with Crippen molar-refractivity contribution in [3.8, 4) is 0 Å². The molecule has 0 aliphatic rings. The topological polar surface area (TPSA) is 3.24 Å². The van der Waals surface area contributed by atoms with E-state index in [0.29, 0.717) is 12.2 Å². The fourth-order valence-electron chi connectivity index (χ4n) is 2.08. The SMILES string of the molecule is [B]CC(=C)N(CCCC(C)CC)CC(C)C=CC. The van der Waals surface area contributed by atoms with Gasteiger partial charge in [-0.3, -0.25) is 0 Å². The second kappa shape index (κ2) is 10.3. The molecule has 2 unspecified atom stereocenters. The van der Waals surface area contributed by atoms with Crippen molar-refractivity contribution in [3.05, 3.63) is 24.4 Å². The second-order valence-electron chi connectivity index (χ2n) is 5.38. The minimum absolute atomic E-state index is 0.557. The molecule has 0 aromatic heterocycles. The van der Waals surface area contributed by atoms with Crippen LogP contribution in [-0.2, 0) is 0 Å². The highest BCUT2D eigenvalue weighted by molar-refractivity contribution is 6.10. The van der Waals surface area contributed by atoms with Crippen molar-refractivity contribution in [2.24, 2.45) is 11.8 Å². The van der Waals surface area contributed by atoms with Crippen molar-refractivity contribution >= 4 is 7.85 Å². The summed E-state index contributed by atoms with van der Waals surface area (Å²) in [5.41, 5.74) is 1.07. The van der Waals surface area contributed by atoms with E-state index in [1.54, 1.807) is 0 Å². The Morgan fingerprint density at radius 2 is 2.06 bits per heavy atom. The fraction of sp³-hybridized carbons (Fsp3) is 0.750. The van der Waals surface area contributed by atoms with Gasteiger partial charge < -0.3 is 4.90 Å². The molecule has 0 rings (SSSR count). The quantitative estimate of drug-likeness (QED) is 0.408. The molecule has 0 saturated carbocycles. The first-order valence-corrected chi connectivity index (χ1v) is 7.30. The Morgan fingerprint density at radius 1 is 1.39 bits per heavy atom. The van der Waals surface area contributed by atoms with Gasteiger partial charge in [-0.05, 0) is 37.3 Å². The third kappa shape index (κ3) is 7.63. The highest BCUT2D eigenvalue weighted by Gasteiger charge is 2.09. The minimum atomic E-state index is 0.557. The van der Waals surface area contributed by atoms with Crippen molar-refractivity contribution in [3.63, 3.8) is 0 Å². The van der Waals surface area contributed by atoms with Crippen LogP contribution in [0.4, 0.5) is 0 Å². The van der Waals surface area contributed by atoms with Gasteiger partial charge in [0.05, 0.1) is 7.85 Å². The zero-order chi connectivity index (χ0) is 14.0. The Kier molecular flexibility index (Phi) is 9.91. The molecule has 0 fully saturated rings. The summed E-state index contributed by atoms with van der Waals surface area (Å²) in [4.78, 5) is 2.35. The summed E-state index contributed by atoms with van der Waals surface area (Å²) in [5, 5.41) is 0. The molecule has 0 aliphatic carbocycles. The predicted octanol–water partition coefficient (Wildman–Crippen LogP) is 4.43. The van der Waals surface area contributed by atoms with Gasteiger partial charge in [0.1, 0.15) is 0 Å². The van der Waals surface area contributed by atoms with Crippen LogP contribution in [0.1, 0.15) is 47.0 Å². The third-order valence-electron chi connectivity index (χ3n) is 3.53. The van der Waals surface area contributed by atoms with Gasteiger partial charge in [0, 0.05) is 13.1 Å². The second-order valence-corrected chi connectivity index (χ2v) is 5.38. The summed E-state index contributed by atoms with van der Waals surface area (Å²) in [6, 6.07) is 0. The van der Waals surface area contributed by atoms with Crippen LogP contribution in [0, 0.1) is 11.8 Å². The highest BCUT2D eigenvalue weighted by atomic mass is 15.1. The smallest absolute Gasteiger partial charge is 0.0736 e. The lowest BCUT2D eigenvalue weighted by Gasteiger charge is -2.29. The van der Waals surface area contributed by atoms with Crippen molar-refractivity contribution in [1.82, 2.24) is 4.90 Å². The fourth-order valence-corrected chi connectivity index (χ4v) is 2.08. The molecule has 0 heterocycles. The van der Waals surface area contributed by atoms with Gasteiger partial charge in [0.25, 0.3) is 0 Å². The molecule has 0 aromatic carbocycles. The normalized spacial score (nSPS) is 14.7. The lowest BCUT2D eigenvalue weighted by Crippen LogP contribution is -2.28. The van der Waals surface area contributed by atoms with Crippen molar-refractivity contribution < 1.29 is 0 Å². The Bertz CT molecular complexity index is 247. The Hall–Kier alpha value is -0.655. The summed E-state index contributed by atoms with van der Waals surface area (Å²) in [6.45, 7) is 15.1. The zero-order valence-electron chi connectivity index (χ0n) is 12.8. The number of hydrogen-bond acceptors (Lipinski definition) is 1. The first kappa shape index (κ1) is 17.3. The summed E-state index contributed by atoms with van der Waals surface area (Å²) >= 11 is 0. The Labute approximate surface area is 116 Å². The molecule has 0 spiro atoms. The van der Waals surface area contributed by atoms with Crippen molar-refractivity contribution in [1.29, 1.82) is 0 Å². The van der Waals surface area contributed by atoms with E-state index < -0.39 is 0 Å². The number of rotatable bonds is 10. The van der Waals surface area contributed by atoms with E-state index in [0.717, 1.165) is 24.7 Å². The zero-order valence-corrected chi connectivity index (χ0v) is 12.8. The van der Waals surface area contributed by atoms with E-state index in [1.165, 1.54) is 19.3 Å². The van der Waals surface area contributed by atoms with Crippen LogP contribution in [0.15, 0.2) is 24.4 Å². The van der Waals surface area contributed by atoms with Crippen LogP contribution in [-0.4, -0.2) is 25.8 Å². The van der Waals surface area contributed by atoms with Crippen molar-refractivity contribution in [2.75, 3.05) is 13.1 Å². The third-order valence-corrected chi connectivity index (χ3v) is 3.53. The first-order chi connectivity index (χ1) is 8.54. The maximum atomic E-state index is 5.72. The summed E-state index contributed by atoms with van der Waals surface area (Å²) in [6.07, 6.45) is 8.72. The highest BCUT2D eigenvalue weighted by Crippen LogP contribution is 2.15. The van der Waals surface area contributed by atoms with Crippen LogP contribution in [0.5, 0.6) is 0 Å². The van der Waals surface area contributed by atoms with Crippen LogP contribution in [0.25, 0.3) is 0 Å². The molecule has 2 radical (unpaired) electrons. The van der Waals surface area contributed by atoms with Gasteiger partial charge in [-0.1, -0.05) is 52.2 Å². The molecular formula is C16H30BN. The van der Waals surface area contributed by atoms with Crippen molar-refractivity contribution in [2.45, 2.75) is 53.3 Å². The van der Waals surface area contributed by atoms with Crippen LogP contribution >= 0.6 is 0 Å². The number of hydrogen-bond donors (Lipinski definition) is 0. The van der Waals surface area contributed by atoms with E-state index >= 15 is 0 Å². The van der Waals surface area contributed by atoms with Gasteiger partial charge in [-0.15, -0.1) is 0 Å². The molecule has 0 N–H and O–H groups in total. The molecule has 2 heteroatoms. The lowest BCUT2D eigenvalue weighted by atomic mass is 9.99. The molecule has 1 nitrogen and oxygen atoms in total. The molecule has 0 saturated heterocycles. The average Bonchev–Trinajstić information content (AvgIpc) is 2.36. The van der Waals surface area contributed by atoms with E-state index in [2.05, 4.69) is 51.3 Å². The van der Waals surface area contributed by atoms with Gasteiger partial charge >= 0.3 is 0 Å². The van der Waals surface area contributed by atoms with Crippen LogP contribution < -0.4 is 0 Å². The molecule has 0 bridgehead atoms. The Morgan fingerprint density at radius 3 is 2.56 bits per heavy atom. The molecule has 0 aliphatic heterocycles. The van der Waals surface area contributed by atoms with Crippen LogP contribution in [0.2, 0.25) is 6.32 Å². The number of allylic oxidation sites excluding steroid dienone is 2. The minimum Gasteiger partial charge on any atom is -0.375 e. The van der Waals surface area contributed by atoms with E-state index in [9.17, 15) is 0 Å². The van der Waals surface area contributed by atoms with E-state index in [1.807, 2.05) is 0 Å². The maximum absolute atomic E-state index is 5.72. The molecule has 102 valence electrons.